The van der Waals surface area contributed by atoms with E-state index in [-0.39, 0.29) is 17.0 Å². The number of alkyl halides is 1. The number of hydrogen-bond donors (Lipinski definition) is 0. The van der Waals surface area contributed by atoms with Crippen molar-refractivity contribution in [3.8, 4) is 11.8 Å². The van der Waals surface area contributed by atoms with Crippen molar-refractivity contribution in [1.82, 2.24) is 24.6 Å². The monoisotopic (exact) mass is 507 g/mol. The van der Waals surface area contributed by atoms with Crippen molar-refractivity contribution in [3.63, 3.8) is 0 Å². The molecule has 2 aromatic heterocycles. The summed E-state index contributed by atoms with van der Waals surface area (Å²) in [6, 6.07) is 10.6. The zero-order valence-corrected chi connectivity index (χ0v) is 20.3. The van der Waals surface area contributed by atoms with E-state index in [9.17, 15) is 8.78 Å². The Hall–Kier alpha value is -3.09. The summed E-state index contributed by atoms with van der Waals surface area (Å²) in [4.78, 5) is 8.38. The van der Waals surface area contributed by atoms with Crippen LogP contribution in [0.2, 0.25) is 5.02 Å². The highest BCUT2D eigenvalue weighted by Gasteiger charge is 2.54. The second-order valence-electron chi connectivity index (χ2n) is 11.0. The summed E-state index contributed by atoms with van der Waals surface area (Å²) in [6.45, 7) is 3.23. The van der Waals surface area contributed by atoms with Crippen LogP contribution in [0.1, 0.15) is 54.5 Å². The zero-order chi connectivity index (χ0) is 24.7. The lowest BCUT2D eigenvalue weighted by molar-refractivity contribution is 0.0581. The Morgan fingerprint density at radius 2 is 1.92 bits per heavy atom. The normalized spacial score (nSPS) is 21.7. The third-order valence-electron chi connectivity index (χ3n) is 8.13. The summed E-state index contributed by atoms with van der Waals surface area (Å²) < 4.78 is 30.5. The van der Waals surface area contributed by atoms with Gasteiger partial charge in [-0.2, -0.15) is 5.26 Å². The summed E-state index contributed by atoms with van der Waals surface area (Å²) in [5.41, 5.74) is 1.01. The SMILES string of the molecule is N#Cc1nc(N2CC3(CC(c4nnc5n4-c4ccc(Cl)cc4CN(CC4(F)CC4)C5)C3)C2)ccc1F. The molecule has 2 aliphatic carbocycles. The number of anilines is 1. The maximum atomic E-state index is 14.6. The topological polar surface area (TPSA) is 73.9 Å². The molecule has 0 bridgehead atoms. The maximum Gasteiger partial charge on any atom is 0.178 e. The van der Waals surface area contributed by atoms with Gasteiger partial charge in [0.25, 0.3) is 0 Å². The van der Waals surface area contributed by atoms with Crippen LogP contribution in [0, 0.1) is 22.6 Å². The number of nitriles is 1. The molecule has 36 heavy (non-hydrogen) atoms. The smallest absolute Gasteiger partial charge is 0.178 e. The highest BCUT2D eigenvalue weighted by atomic mass is 35.5. The van der Waals surface area contributed by atoms with Crippen LogP contribution in [0.15, 0.2) is 30.3 Å². The summed E-state index contributed by atoms with van der Waals surface area (Å²) in [7, 11) is 0. The molecule has 4 aliphatic rings. The molecule has 0 atom stereocenters. The van der Waals surface area contributed by atoms with Gasteiger partial charge in [0, 0.05) is 42.5 Å². The van der Waals surface area contributed by atoms with Gasteiger partial charge in [-0.05, 0) is 61.6 Å². The van der Waals surface area contributed by atoms with Crippen LogP contribution >= 0.6 is 11.6 Å². The number of pyridine rings is 1. The standard InChI is InChI=1S/C26H24ClF2N7/c27-18-1-3-21-16(7-18)11-34(15-26(29)5-6-26)12-23-32-33-24(36(21)23)17-8-25(9-17)13-35(14-25)22-4-2-19(28)20(10-30)31-22/h1-4,7,17H,5-6,8-9,11-15H2. The van der Waals surface area contributed by atoms with Crippen molar-refractivity contribution in [2.75, 3.05) is 24.5 Å². The summed E-state index contributed by atoms with van der Waals surface area (Å²) >= 11 is 6.34. The first-order valence-corrected chi connectivity index (χ1v) is 12.7. The molecule has 7 nitrogen and oxygen atoms in total. The van der Waals surface area contributed by atoms with Gasteiger partial charge < -0.3 is 4.90 Å². The first kappa shape index (κ1) is 22.1. The molecule has 0 amide bonds. The quantitative estimate of drug-likeness (QED) is 0.516. The second kappa shape index (κ2) is 7.70. The molecule has 7 rings (SSSR count). The van der Waals surface area contributed by atoms with Gasteiger partial charge in [0.05, 0.1) is 12.2 Å². The van der Waals surface area contributed by atoms with Crippen LogP contribution in [0.3, 0.4) is 0 Å². The van der Waals surface area contributed by atoms with Crippen molar-refractivity contribution in [1.29, 1.82) is 5.26 Å². The average molecular weight is 508 g/mol. The Kier molecular flexibility index (Phi) is 4.74. The molecule has 184 valence electrons. The molecule has 3 aromatic rings. The third-order valence-corrected chi connectivity index (χ3v) is 8.37. The maximum absolute atomic E-state index is 14.6. The van der Waals surface area contributed by atoms with E-state index in [0.717, 1.165) is 48.8 Å². The van der Waals surface area contributed by atoms with Crippen molar-refractivity contribution >= 4 is 17.4 Å². The predicted molar refractivity (Wildman–Crippen MR) is 129 cm³/mol. The number of nitrogens with zero attached hydrogens (tertiary/aromatic N) is 7. The van der Waals surface area contributed by atoms with E-state index < -0.39 is 11.5 Å². The lowest BCUT2D eigenvalue weighted by atomic mass is 9.57. The third kappa shape index (κ3) is 3.58. The van der Waals surface area contributed by atoms with Crippen molar-refractivity contribution in [2.45, 2.75) is 50.4 Å². The van der Waals surface area contributed by atoms with Crippen LogP contribution < -0.4 is 4.90 Å². The van der Waals surface area contributed by atoms with E-state index in [1.807, 2.05) is 24.3 Å². The van der Waals surface area contributed by atoms with Crippen molar-refractivity contribution < 1.29 is 8.78 Å². The van der Waals surface area contributed by atoms with Crippen LogP contribution in [0.25, 0.3) is 5.69 Å². The highest BCUT2D eigenvalue weighted by molar-refractivity contribution is 6.30. The second-order valence-corrected chi connectivity index (χ2v) is 11.4. The molecule has 1 aromatic carbocycles. The molecule has 10 heteroatoms. The van der Waals surface area contributed by atoms with Crippen molar-refractivity contribution in [3.05, 3.63) is 64.1 Å². The van der Waals surface area contributed by atoms with Gasteiger partial charge in [-0.25, -0.2) is 13.8 Å². The molecule has 1 saturated heterocycles. The molecule has 0 N–H and O–H groups in total. The van der Waals surface area contributed by atoms with E-state index >= 15 is 0 Å². The molecule has 0 unspecified atom stereocenters. The number of benzene rings is 1. The Morgan fingerprint density at radius 1 is 1.11 bits per heavy atom. The Labute approximate surface area is 212 Å². The van der Waals surface area contributed by atoms with Crippen LogP contribution in [0.4, 0.5) is 14.6 Å². The fourth-order valence-electron chi connectivity index (χ4n) is 6.20. The molecule has 0 radical (unpaired) electrons. The van der Waals surface area contributed by atoms with Gasteiger partial charge in [-0.3, -0.25) is 9.47 Å². The van der Waals surface area contributed by atoms with E-state index in [1.165, 1.54) is 6.07 Å². The van der Waals surface area contributed by atoms with Crippen molar-refractivity contribution in [2.24, 2.45) is 5.41 Å². The van der Waals surface area contributed by atoms with Crippen LogP contribution in [0.5, 0.6) is 0 Å². The van der Waals surface area contributed by atoms with Gasteiger partial charge in [-0.1, -0.05) is 11.6 Å². The molecule has 3 fully saturated rings. The number of rotatable bonds is 4. The van der Waals surface area contributed by atoms with Gasteiger partial charge >= 0.3 is 0 Å². The molecule has 1 spiro atoms. The minimum Gasteiger partial charge on any atom is -0.355 e. The largest absolute Gasteiger partial charge is 0.355 e. The predicted octanol–water partition coefficient (Wildman–Crippen LogP) is 4.53. The summed E-state index contributed by atoms with van der Waals surface area (Å²) in [6.07, 6.45) is 3.20. The van der Waals surface area contributed by atoms with Gasteiger partial charge in [-0.15, -0.1) is 10.2 Å². The number of halogens is 3. The van der Waals surface area contributed by atoms with E-state index in [2.05, 4.69) is 29.5 Å². The molecular formula is C26H24ClF2N7. The average Bonchev–Trinajstić information content (AvgIpc) is 3.43. The first-order valence-electron chi connectivity index (χ1n) is 12.3. The number of hydrogen-bond acceptors (Lipinski definition) is 6. The van der Waals surface area contributed by atoms with Crippen LogP contribution in [-0.2, 0) is 13.1 Å². The van der Waals surface area contributed by atoms with E-state index in [0.29, 0.717) is 43.3 Å². The number of fused-ring (bicyclic) bond motifs is 3. The highest BCUT2D eigenvalue weighted by Crippen LogP contribution is 2.56. The molecule has 2 saturated carbocycles. The first-order chi connectivity index (χ1) is 17.3. The van der Waals surface area contributed by atoms with Gasteiger partial charge in [0.1, 0.15) is 23.4 Å². The van der Waals surface area contributed by atoms with Gasteiger partial charge in [0.2, 0.25) is 0 Å². The fraction of sp³-hybridized carbons (Fsp3) is 0.462. The molecule has 4 heterocycles. The number of aromatic nitrogens is 4. The van der Waals surface area contributed by atoms with E-state index in [4.69, 9.17) is 16.9 Å². The fourth-order valence-corrected chi connectivity index (χ4v) is 6.39. The minimum atomic E-state index is -1.08. The van der Waals surface area contributed by atoms with E-state index in [1.54, 1.807) is 6.07 Å². The van der Waals surface area contributed by atoms with Gasteiger partial charge in [0.15, 0.2) is 17.3 Å². The molecular weight excluding hydrogens is 484 g/mol. The lowest BCUT2D eigenvalue weighted by Gasteiger charge is -2.59. The molecule has 2 aliphatic heterocycles. The summed E-state index contributed by atoms with van der Waals surface area (Å²) in [5, 5.41) is 18.9. The Balaban J connectivity index is 1.12. The Bertz CT molecular complexity index is 1410. The zero-order valence-electron chi connectivity index (χ0n) is 19.6. The summed E-state index contributed by atoms with van der Waals surface area (Å²) in [5.74, 6) is 2.12. The Morgan fingerprint density at radius 3 is 2.67 bits per heavy atom. The van der Waals surface area contributed by atoms with Crippen LogP contribution in [-0.4, -0.2) is 50.0 Å². The lowest BCUT2D eigenvalue weighted by Crippen LogP contribution is -2.62. The minimum absolute atomic E-state index is 0.167.